The molecule has 0 radical (unpaired) electrons. The van der Waals surface area contributed by atoms with Gasteiger partial charge in [-0.05, 0) is 13.0 Å². The third kappa shape index (κ3) is 2.50. The summed E-state index contributed by atoms with van der Waals surface area (Å²) in [5, 5.41) is 0. The maximum absolute atomic E-state index is 13.2. The molecule has 1 atom stereocenters. The van der Waals surface area contributed by atoms with Gasteiger partial charge in [0.15, 0.2) is 0 Å². The van der Waals surface area contributed by atoms with Gasteiger partial charge in [0, 0.05) is 18.7 Å². The first-order valence-corrected chi connectivity index (χ1v) is 4.35. The van der Waals surface area contributed by atoms with Crippen molar-refractivity contribution >= 4 is 0 Å². The summed E-state index contributed by atoms with van der Waals surface area (Å²) in [5.74, 6) is -0.258. The van der Waals surface area contributed by atoms with Gasteiger partial charge in [-0.3, -0.25) is 0 Å². The van der Waals surface area contributed by atoms with Crippen LogP contribution in [-0.2, 0) is 4.74 Å². The van der Waals surface area contributed by atoms with Crippen molar-refractivity contribution in [3.63, 3.8) is 0 Å². The van der Waals surface area contributed by atoms with Crippen LogP contribution in [0.25, 0.3) is 0 Å². The Bertz CT molecular complexity index is 265. The highest BCUT2D eigenvalue weighted by atomic mass is 19.1. The number of nitrogens with two attached hydrogens (primary N) is 1. The molecule has 0 spiro atoms. The Labute approximate surface area is 77.5 Å². The standard InChI is InChI=1S/C10H14FNO/c1-2-13-10(7-12)8-5-3-4-6-9(8)11/h3-6,10H,2,7,12H2,1H3/t10-/m1/s1. The van der Waals surface area contributed by atoms with E-state index in [9.17, 15) is 4.39 Å². The molecule has 0 aliphatic heterocycles. The van der Waals surface area contributed by atoms with Crippen LogP contribution in [0.15, 0.2) is 24.3 Å². The molecule has 0 bridgehead atoms. The molecule has 1 aromatic rings. The van der Waals surface area contributed by atoms with Crippen LogP contribution in [0.4, 0.5) is 4.39 Å². The van der Waals surface area contributed by atoms with Gasteiger partial charge >= 0.3 is 0 Å². The van der Waals surface area contributed by atoms with Crippen LogP contribution in [0.3, 0.4) is 0 Å². The molecule has 72 valence electrons. The van der Waals surface area contributed by atoms with E-state index in [-0.39, 0.29) is 11.9 Å². The fraction of sp³-hybridized carbons (Fsp3) is 0.400. The molecule has 0 saturated heterocycles. The quantitative estimate of drug-likeness (QED) is 0.773. The zero-order chi connectivity index (χ0) is 9.68. The fourth-order valence-corrected chi connectivity index (χ4v) is 1.22. The van der Waals surface area contributed by atoms with Gasteiger partial charge in [0.25, 0.3) is 0 Å². The molecule has 3 heteroatoms. The SMILES string of the molecule is CCO[C@H](CN)c1ccccc1F. The van der Waals surface area contributed by atoms with E-state index in [0.29, 0.717) is 18.7 Å². The molecular formula is C10H14FNO. The Morgan fingerprint density at radius 2 is 2.15 bits per heavy atom. The molecule has 2 N–H and O–H groups in total. The molecule has 0 unspecified atom stereocenters. The Morgan fingerprint density at radius 1 is 1.46 bits per heavy atom. The highest BCUT2D eigenvalue weighted by Gasteiger charge is 2.12. The number of halogens is 1. The largest absolute Gasteiger partial charge is 0.372 e. The van der Waals surface area contributed by atoms with E-state index in [4.69, 9.17) is 10.5 Å². The number of hydrogen-bond acceptors (Lipinski definition) is 2. The van der Waals surface area contributed by atoms with E-state index >= 15 is 0 Å². The average Bonchev–Trinajstić information content (AvgIpc) is 2.16. The van der Waals surface area contributed by atoms with Crippen LogP contribution in [0.1, 0.15) is 18.6 Å². The normalized spacial score (nSPS) is 12.8. The first-order valence-electron chi connectivity index (χ1n) is 4.35. The van der Waals surface area contributed by atoms with E-state index in [1.807, 2.05) is 6.92 Å². The van der Waals surface area contributed by atoms with Gasteiger partial charge < -0.3 is 10.5 Å². The second-order valence-electron chi connectivity index (χ2n) is 2.70. The van der Waals surface area contributed by atoms with Crippen molar-refractivity contribution in [3.8, 4) is 0 Å². The highest BCUT2D eigenvalue weighted by molar-refractivity contribution is 5.20. The summed E-state index contributed by atoms with van der Waals surface area (Å²) in [4.78, 5) is 0. The maximum atomic E-state index is 13.2. The van der Waals surface area contributed by atoms with Crippen molar-refractivity contribution in [1.29, 1.82) is 0 Å². The minimum Gasteiger partial charge on any atom is -0.372 e. The van der Waals surface area contributed by atoms with Gasteiger partial charge in [-0.2, -0.15) is 0 Å². The molecule has 13 heavy (non-hydrogen) atoms. The lowest BCUT2D eigenvalue weighted by Crippen LogP contribution is -2.16. The van der Waals surface area contributed by atoms with E-state index < -0.39 is 0 Å². The zero-order valence-corrected chi connectivity index (χ0v) is 7.66. The number of rotatable bonds is 4. The summed E-state index contributed by atoms with van der Waals surface area (Å²) in [6, 6.07) is 6.54. The fourth-order valence-electron chi connectivity index (χ4n) is 1.22. The number of hydrogen-bond donors (Lipinski definition) is 1. The van der Waals surface area contributed by atoms with Crippen molar-refractivity contribution in [2.75, 3.05) is 13.2 Å². The topological polar surface area (TPSA) is 35.2 Å². The van der Waals surface area contributed by atoms with Gasteiger partial charge in [-0.25, -0.2) is 4.39 Å². The maximum Gasteiger partial charge on any atom is 0.129 e. The van der Waals surface area contributed by atoms with E-state index in [0.717, 1.165) is 0 Å². The molecule has 0 fully saturated rings. The van der Waals surface area contributed by atoms with Crippen molar-refractivity contribution in [2.24, 2.45) is 5.73 Å². The molecule has 1 rings (SSSR count). The van der Waals surface area contributed by atoms with Crippen molar-refractivity contribution < 1.29 is 9.13 Å². The Morgan fingerprint density at radius 3 is 2.69 bits per heavy atom. The highest BCUT2D eigenvalue weighted by Crippen LogP contribution is 2.18. The Balaban J connectivity index is 2.84. The Hall–Kier alpha value is -0.930. The summed E-state index contributed by atoms with van der Waals surface area (Å²) in [7, 11) is 0. The molecule has 2 nitrogen and oxygen atoms in total. The van der Waals surface area contributed by atoms with Crippen LogP contribution in [-0.4, -0.2) is 13.2 Å². The molecule has 1 aromatic carbocycles. The second kappa shape index (κ2) is 4.94. The smallest absolute Gasteiger partial charge is 0.129 e. The second-order valence-corrected chi connectivity index (χ2v) is 2.70. The van der Waals surface area contributed by atoms with Crippen molar-refractivity contribution in [2.45, 2.75) is 13.0 Å². The average molecular weight is 183 g/mol. The monoisotopic (exact) mass is 183 g/mol. The summed E-state index contributed by atoms with van der Waals surface area (Å²) < 4.78 is 18.5. The molecule has 0 heterocycles. The van der Waals surface area contributed by atoms with Gasteiger partial charge in [0.05, 0.1) is 6.10 Å². The lowest BCUT2D eigenvalue weighted by atomic mass is 10.1. The first kappa shape index (κ1) is 10.2. The zero-order valence-electron chi connectivity index (χ0n) is 7.66. The van der Waals surface area contributed by atoms with E-state index in [1.54, 1.807) is 18.2 Å². The first-order chi connectivity index (χ1) is 6.29. The van der Waals surface area contributed by atoms with Crippen LogP contribution >= 0.6 is 0 Å². The third-order valence-corrected chi connectivity index (χ3v) is 1.83. The third-order valence-electron chi connectivity index (χ3n) is 1.83. The van der Waals surface area contributed by atoms with Gasteiger partial charge in [-0.1, -0.05) is 18.2 Å². The summed E-state index contributed by atoms with van der Waals surface area (Å²) in [6.07, 6.45) is -0.328. The number of benzene rings is 1. The van der Waals surface area contributed by atoms with Crippen LogP contribution in [0.2, 0.25) is 0 Å². The van der Waals surface area contributed by atoms with E-state index in [1.165, 1.54) is 6.07 Å². The molecule has 0 saturated carbocycles. The summed E-state index contributed by atoms with van der Waals surface area (Å²) in [6.45, 7) is 2.70. The molecule has 0 aliphatic rings. The molecule has 0 aliphatic carbocycles. The molecular weight excluding hydrogens is 169 g/mol. The minimum atomic E-state index is -0.328. The molecule has 0 aromatic heterocycles. The van der Waals surface area contributed by atoms with E-state index in [2.05, 4.69) is 0 Å². The van der Waals surface area contributed by atoms with Crippen LogP contribution < -0.4 is 5.73 Å². The predicted molar refractivity (Wildman–Crippen MR) is 49.8 cm³/mol. The molecule has 0 amide bonds. The lowest BCUT2D eigenvalue weighted by molar-refractivity contribution is 0.0663. The summed E-state index contributed by atoms with van der Waals surface area (Å²) >= 11 is 0. The summed E-state index contributed by atoms with van der Waals surface area (Å²) in [5.41, 5.74) is 6.00. The lowest BCUT2D eigenvalue weighted by Gasteiger charge is -2.15. The van der Waals surface area contributed by atoms with Crippen LogP contribution in [0.5, 0.6) is 0 Å². The van der Waals surface area contributed by atoms with Gasteiger partial charge in [-0.15, -0.1) is 0 Å². The van der Waals surface area contributed by atoms with Crippen molar-refractivity contribution in [3.05, 3.63) is 35.6 Å². The van der Waals surface area contributed by atoms with Gasteiger partial charge in [0.2, 0.25) is 0 Å². The minimum absolute atomic E-state index is 0.258. The van der Waals surface area contributed by atoms with Crippen LogP contribution in [0, 0.1) is 5.82 Å². The predicted octanol–water partition coefficient (Wildman–Crippen LogP) is 1.86. The van der Waals surface area contributed by atoms with Gasteiger partial charge in [0.1, 0.15) is 5.82 Å². The van der Waals surface area contributed by atoms with Crippen molar-refractivity contribution in [1.82, 2.24) is 0 Å². The Kier molecular flexibility index (Phi) is 3.86. The number of ether oxygens (including phenoxy) is 1.